The molecule has 9 nitrogen and oxygen atoms in total. The van der Waals surface area contributed by atoms with Crippen LogP contribution in [-0.4, -0.2) is 49.7 Å². The molecule has 1 atom stereocenters. The van der Waals surface area contributed by atoms with Crippen LogP contribution >= 0.6 is 11.3 Å². The number of rotatable bonds is 8. The summed E-state index contributed by atoms with van der Waals surface area (Å²) >= 11 is 1.23. The van der Waals surface area contributed by atoms with E-state index in [2.05, 4.69) is 10.6 Å². The van der Waals surface area contributed by atoms with E-state index in [1.54, 1.807) is 30.3 Å². The molecule has 2 N–H and O–H groups in total. The van der Waals surface area contributed by atoms with Crippen molar-refractivity contribution in [2.75, 3.05) is 31.5 Å². The van der Waals surface area contributed by atoms with Gasteiger partial charge in [-0.15, -0.1) is 11.3 Å². The summed E-state index contributed by atoms with van der Waals surface area (Å²) < 4.78 is 27.3. The standard InChI is InChI=1S/C19H24N4O5S2/c1-14-8-9-18(29-14)30(27,28)22-12-4-5-15(13-22)19(24)21-11-10-20-16-6-2-3-7-17(16)23(25)26/h2-3,6-9,15,20H,4-5,10-13H2,1H3,(H,21,24). The molecule has 0 spiro atoms. The number of piperidine rings is 1. The summed E-state index contributed by atoms with van der Waals surface area (Å²) in [4.78, 5) is 24.0. The van der Waals surface area contributed by atoms with Crippen molar-refractivity contribution < 1.29 is 18.1 Å². The predicted molar refractivity (Wildman–Crippen MR) is 115 cm³/mol. The first-order valence-electron chi connectivity index (χ1n) is 9.60. The minimum Gasteiger partial charge on any atom is -0.378 e. The van der Waals surface area contributed by atoms with E-state index >= 15 is 0 Å². The van der Waals surface area contributed by atoms with Crippen LogP contribution in [0.25, 0.3) is 0 Å². The quantitative estimate of drug-likeness (QED) is 0.361. The number of nitro groups is 1. The maximum atomic E-state index is 12.8. The lowest BCUT2D eigenvalue weighted by molar-refractivity contribution is -0.384. The van der Waals surface area contributed by atoms with Gasteiger partial charge in [0.1, 0.15) is 9.90 Å². The van der Waals surface area contributed by atoms with E-state index in [4.69, 9.17) is 0 Å². The van der Waals surface area contributed by atoms with Crippen LogP contribution in [0.15, 0.2) is 40.6 Å². The van der Waals surface area contributed by atoms with Gasteiger partial charge in [0.2, 0.25) is 5.91 Å². The van der Waals surface area contributed by atoms with Gasteiger partial charge in [-0.2, -0.15) is 4.31 Å². The number of nitrogens with one attached hydrogen (secondary N) is 2. The van der Waals surface area contributed by atoms with Crippen molar-refractivity contribution in [2.24, 2.45) is 5.92 Å². The zero-order chi connectivity index (χ0) is 21.7. The van der Waals surface area contributed by atoms with Crippen LogP contribution in [-0.2, 0) is 14.8 Å². The second-order valence-electron chi connectivity index (χ2n) is 7.06. The molecule has 1 fully saturated rings. The average molecular weight is 453 g/mol. The van der Waals surface area contributed by atoms with Crippen LogP contribution in [0, 0.1) is 23.0 Å². The zero-order valence-electron chi connectivity index (χ0n) is 16.5. The summed E-state index contributed by atoms with van der Waals surface area (Å²) in [6.07, 6.45) is 1.25. The van der Waals surface area contributed by atoms with Crippen molar-refractivity contribution in [1.29, 1.82) is 0 Å². The highest BCUT2D eigenvalue weighted by molar-refractivity contribution is 7.91. The van der Waals surface area contributed by atoms with Crippen LogP contribution < -0.4 is 10.6 Å². The Bertz CT molecular complexity index is 1020. The van der Waals surface area contributed by atoms with Crippen LogP contribution in [0.4, 0.5) is 11.4 Å². The van der Waals surface area contributed by atoms with E-state index < -0.39 is 20.9 Å². The Hall–Kier alpha value is -2.50. The Morgan fingerprint density at radius 3 is 2.73 bits per heavy atom. The van der Waals surface area contributed by atoms with Gasteiger partial charge in [0.15, 0.2) is 0 Å². The van der Waals surface area contributed by atoms with Gasteiger partial charge in [0.25, 0.3) is 15.7 Å². The first-order chi connectivity index (χ1) is 14.3. The number of benzene rings is 1. The van der Waals surface area contributed by atoms with Crippen LogP contribution in [0.3, 0.4) is 0 Å². The molecule has 2 aromatic rings. The normalized spacial score (nSPS) is 17.4. The van der Waals surface area contributed by atoms with E-state index in [1.165, 1.54) is 21.7 Å². The molecule has 0 radical (unpaired) electrons. The number of thiophene rings is 1. The number of hydrogen-bond donors (Lipinski definition) is 2. The second-order valence-corrected chi connectivity index (χ2v) is 10.5. The van der Waals surface area contributed by atoms with Gasteiger partial charge in [-0.25, -0.2) is 8.42 Å². The van der Waals surface area contributed by atoms with E-state index in [-0.39, 0.29) is 24.7 Å². The third kappa shape index (κ3) is 5.15. The van der Waals surface area contributed by atoms with E-state index in [0.717, 1.165) is 4.88 Å². The highest BCUT2D eigenvalue weighted by Gasteiger charge is 2.33. The van der Waals surface area contributed by atoms with Gasteiger partial charge in [-0.05, 0) is 38.0 Å². The molecule has 1 amide bonds. The first-order valence-corrected chi connectivity index (χ1v) is 11.9. The number of nitrogens with zero attached hydrogens (tertiary/aromatic N) is 2. The Labute approximate surface area is 179 Å². The third-order valence-electron chi connectivity index (χ3n) is 4.91. The molecule has 0 aliphatic carbocycles. The minimum atomic E-state index is -3.59. The summed E-state index contributed by atoms with van der Waals surface area (Å²) in [6.45, 7) is 3.01. The molecular formula is C19H24N4O5S2. The van der Waals surface area contributed by atoms with Gasteiger partial charge >= 0.3 is 0 Å². The fourth-order valence-electron chi connectivity index (χ4n) is 3.36. The second kappa shape index (κ2) is 9.54. The lowest BCUT2D eigenvalue weighted by Crippen LogP contribution is -2.45. The van der Waals surface area contributed by atoms with Gasteiger partial charge < -0.3 is 10.6 Å². The molecule has 11 heteroatoms. The molecular weight excluding hydrogens is 428 g/mol. The van der Waals surface area contributed by atoms with Gasteiger partial charge in [0.05, 0.1) is 10.8 Å². The fourth-order valence-corrected chi connectivity index (χ4v) is 6.32. The molecule has 30 heavy (non-hydrogen) atoms. The summed E-state index contributed by atoms with van der Waals surface area (Å²) in [5.41, 5.74) is 0.360. The monoisotopic (exact) mass is 452 g/mol. The maximum absolute atomic E-state index is 12.8. The van der Waals surface area contributed by atoms with E-state index in [9.17, 15) is 23.3 Å². The number of amides is 1. The molecule has 1 aliphatic heterocycles. The van der Waals surface area contributed by atoms with Crippen molar-refractivity contribution >= 4 is 38.6 Å². The van der Waals surface area contributed by atoms with Crippen molar-refractivity contribution in [2.45, 2.75) is 24.0 Å². The Balaban J connectivity index is 1.52. The van der Waals surface area contributed by atoms with Crippen molar-refractivity contribution in [3.8, 4) is 0 Å². The SMILES string of the molecule is Cc1ccc(S(=O)(=O)N2CCCC(C(=O)NCCNc3ccccc3[N+](=O)[O-])C2)s1. The molecule has 0 bridgehead atoms. The summed E-state index contributed by atoms with van der Waals surface area (Å²) in [6, 6.07) is 9.68. The number of nitro benzene ring substituents is 1. The fraction of sp³-hybridized carbons (Fsp3) is 0.421. The largest absolute Gasteiger partial charge is 0.378 e. The topological polar surface area (TPSA) is 122 Å². The summed E-state index contributed by atoms with van der Waals surface area (Å²) in [5, 5.41) is 16.8. The number of anilines is 1. The summed E-state index contributed by atoms with van der Waals surface area (Å²) in [5.74, 6) is -0.623. The van der Waals surface area contributed by atoms with Crippen LogP contribution in [0.1, 0.15) is 17.7 Å². The molecule has 1 aliphatic rings. The molecule has 3 rings (SSSR count). The Kier molecular flexibility index (Phi) is 7.06. The molecule has 1 aromatic heterocycles. The molecule has 2 heterocycles. The van der Waals surface area contributed by atoms with Crippen LogP contribution in [0.2, 0.25) is 0 Å². The lowest BCUT2D eigenvalue weighted by atomic mass is 9.99. The molecule has 1 unspecified atom stereocenters. The highest BCUT2D eigenvalue weighted by Crippen LogP contribution is 2.28. The van der Waals surface area contributed by atoms with Gasteiger partial charge in [0, 0.05) is 37.1 Å². The molecule has 162 valence electrons. The van der Waals surface area contributed by atoms with Crippen molar-refractivity contribution in [3.63, 3.8) is 0 Å². The molecule has 0 saturated carbocycles. The highest BCUT2D eigenvalue weighted by atomic mass is 32.2. The smallest absolute Gasteiger partial charge is 0.292 e. The van der Waals surface area contributed by atoms with Gasteiger partial charge in [-0.3, -0.25) is 14.9 Å². The predicted octanol–water partition coefficient (Wildman–Crippen LogP) is 2.59. The third-order valence-corrected chi connectivity index (χ3v) is 8.24. The molecule has 1 saturated heterocycles. The minimum absolute atomic E-state index is 0.0271. The maximum Gasteiger partial charge on any atom is 0.292 e. The number of sulfonamides is 1. The van der Waals surface area contributed by atoms with E-state index in [0.29, 0.717) is 35.8 Å². The Morgan fingerprint density at radius 2 is 2.03 bits per heavy atom. The first kappa shape index (κ1) is 22.2. The summed E-state index contributed by atoms with van der Waals surface area (Å²) in [7, 11) is -3.59. The van der Waals surface area contributed by atoms with Crippen LogP contribution in [0.5, 0.6) is 0 Å². The zero-order valence-corrected chi connectivity index (χ0v) is 18.2. The average Bonchev–Trinajstić information content (AvgIpc) is 3.18. The molecule has 1 aromatic carbocycles. The number of para-hydroxylation sites is 2. The van der Waals surface area contributed by atoms with Crippen molar-refractivity contribution in [3.05, 3.63) is 51.4 Å². The van der Waals surface area contributed by atoms with Crippen molar-refractivity contribution in [1.82, 2.24) is 9.62 Å². The number of hydrogen-bond acceptors (Lipinski definition) is 7. The number of carbonyl (C=O) groups excluding carboxylic acids is 1. The number of aryl methyl sites for hydroxylation is 1. The lowest BCUT2D eigenvalue weighted by Gasteiger charge is -2.30. The number of carbonyl (C=O) groups is 1. The Morgan fingerprint density at radius 1 is 1.27 bits per heavy atom. The van der Waals surface area contributed by atoms with Gasteiger partial charge in [-0.1, -0.05) is 12.1 Å². The van der Waals surface area contributed by atoms with E-state index in [1.807, 2.05) is 6.92 Å².